The standard InChI is InChI=1S/C16H15FN4O4S/c1-9-7-13(21-25-9)18-14(22)8-26-16-20-19-15(24-16)10(2)23-12-5-3-11(17)4-6-12/h3-7,10H,8H2,1-2H3,(H,18,21,22)/t10-/m1/s1. The fraction of sp³-hybridized carbons (Fsp3) is 0.250. The highest BCUT2D eigenvalue weighted by Crippen LogP contribution is 2.24. The third-order valence-corrected chi connectivity index (χ3v) is 3.94. The molecule has 3 rings (SSSR count). The summed E-state index contributed by atoms with van der Waals surface area (Å²) in [5, 5.41) is 14.3. The molecule has 0 aliphatic carbocycles. The maximum absolute atomic E-state index is 12.9. The molecule has 1 N–H and O–H groups in total. The van der Waals surface area contributed by atoms with E-state index in [4.69, 9.17) is 13.7 Å². The van der Waals surface area contributed by atoms with Gasteiger partial charge < -0.3 is 19.0 Å². The van der Waals surface area contributed by atoms with Crippen LogP contribution in [-0.4, -0.2) is 27.0 Å². The number of carbonyl (C=O) groups excluding carboxylic acids is 1. The summed E-state index contributed by atoms with van der Waals surface area (Å²) in [5.74, 6) is 1.13. The molecule has 3 aromatic rings. The van der Waals surface area contributed by atoms with Gasteiger partial charge in [-0.1, -0.05) is 16.9 Å². The number of aryl methyl sites for hydroxylation is 1. The molecule has 0 unspecified atom stereocenters. The van der Waals surface area contributed by atoms with Crippen LogP contribution in [0.15, 0.2) is 44.5 Å². The molecule has 1 atom stereocenters. The molecule has 1 aromatic carbocycles. The fourth-order valence-corrected chi connectivity index (χ4v) is 2.51. The molecule has 0 aliphatic rings. The Morgan fingerprint density at radius 1 is 1.35 bits per heavy atom. The second kappa shape index (κ2) is 8.00. The molecule has 2 aromatic heterocycles. The predicted molar refractivity (Wildman–Crippen MR) is 90.3 cm³/mol. The summed E-state index contributed by atoms with van der Waals surface area (Å²) < 4.78 is 28.8. The monoisotopic (exact) mass is 378 g/mol. The van der Waals surface area contributed by atoms with Crippen molar-refractivity contribution >= 4 is 23.5 Å². The maximum atomic E-state index is 12.9. The van der Waals surface area contributed by atoms with Crippen LogP contribution in [0.1, 0.15) is 24.7 Å². The van der Waals surface area contributed by atoms with E-state index in [9.17, 15) is 9.18 Å². The lowest BCUT2D eigenvalue weighted by molar-refractivity contribution is -0.113. The topological polar surface area (TPSA) is 103 Å². The van der Waals surface area contributed by atoms with Gasteiger partial charge in [-0.05, 0) is 38.1 Å². The van der Waals surface area contributed by atoms with Crippen molar-refractivity contribution in [1.82, 2.24) is 15.4 Å². The average molecular weight is 378 g/mol. The zero-order chi connectivity index (χ0) is 18.5. The Kier molecular flexibility index (Phi) is 5.52. The highest BCUT2D eigenvalue weighted by Gasteiger charge is 2.17. The molecule has 26 heavy (non-hydrogen) atoms. The number of ether oxygens (including phenoxy) is 1. The van der Waals surface area contributed by atoms with Gasteiger partial charge in [-0.25, -0.2) is 4.39 Å². The Labute approximate surface area is 152 Å². The largest absolute Gasteiger partial charge is 0.481 e. The van der Waals surface area contributed by atoms with Gasteiger partial charge in [-0.2, -0.15) is 0 Å². The average Bonchev–Trinajstić information content (AvgIpc) is 3.24. The van der Waals surface area contributed by atoms with E-state index in [1.54, 1.807) is 19.9 Å². The number of rotatable bonds is 7. The number of hydrogen-bond acceptors (Lipinski definition) is 8. The molecule has 0 spiro atoms. The van der Waals surface area contributed by atoms with Gasteiger partial charge in [0.25, 0.3) is 11.1 Å². The number of nitrogens with one attached hydrogen (secondary N) is 1. The molecule has 0 saturated carbocycles. The van der Waals surface area contributed by atoms with Crippen molar-refractivity contribution in [1.29, 1.82) is 0 Å². The fourth-order valence-electron chi connectivity index (χ4n) is 1.94. The number of carbonyl (C=O) groups is 1. The summed E-state index contributed by atoms with van der Waals surface area (Å²) in [6.07, 6.45) is -0.519. The minimum Gasteiger partial charge on any atom is -0.481 e. The van der Waals surface area contributed by atoms with Crippen LogP contribution in [0.25, 0.3) is 0 Å². The maximum Gasteiger partial charge on any atom is 0.277 e. The molecule has 0 aliphatic heterocycles. The molecule has 10 heteroatoms. The first-order valence-corrected chi connectivity index (χ1v) is 8.60. The first-order valence-electron chi connectivity index (χ1n) is 7.61. The van der Waals surface area contributed by atoms with Crippen LogP contribution in [0.4, 0.5) is 10.2 Å². The lowest BCUT2D eigenvalue weighted by Gasteiger charge is -2.10. The third-order valence-electron chi connectivity index (χ3n) is 3.12. The van der Waals surface area contributed by atoms with Crippen molar-refractivity contribution in [2.24, 2.45) is 0 Å². The minimum absolute atomic E-state index is 0.0702. The zero-order valence-electron chi connectivity index (χ0n) is 13.9. The van der Waals surface area contributed by atoms with Crippen molar-refractivity contribution in [2.75, 3.05) is 11.1 Å². The molecule has 1 amide bonds. The van der Waals surface area contributed by atoms with Crippen LogP contribution in [0.5, 0.6) is 5.75 Å². The van der Waals surface area contributed by atoms with Crippen molar-refractivity contribution in [3.8, 4) is 5.75 Å². The highest BCUT2D eigenvalue weighted by molar-refractivity contribution is 7.99. The van der Waals surface area contributed by atoms with Crippen LogP contribution in [0.3, 0.4) is 0 Å². The summed E-state index contributed by atoms with van der Waals surface area (Å²) in [7, 11) is 0. The number of benzene rings is 1. The van der Waals surface area contributed by atoms with Crippen LogP contribution in [0, 0.1) is 12.7 Å². The number of thioether (sulfide) groups is 1. The summed E-state index contributed by atoms with van der Waals surface area (Å²) >= 11 is 1.09. The van der Waals surface area contributed by atoms with E-state index in [1.165, 1.54) is 24.3 Å². The predicted octanol–water partition coefficient (Wildman–Crippen LogP) is 3.38. The smallest absolute Gasteiger partial charge is 0.277 e. The summed E-state index contributed by atoms with van der Waals surface area (Å²) in [6, 6.07) is 7.22. The van der Waals surface area contributed by atoms with E-state index in [1.807, 2.05) is 0 Å². The Bertz CT molecular complexity index is 881. The Hall–Kier alpha value is -2.88. The van der Waals surface area contributed by atoms with Gasteiger partial charge >= 0.3 is 0 Å². The van der Waals surface area contributed by atoms with E-state index in [2.05, 4.69) is 20.7 Å². The Balaban J connectivity index is 1.50. The first-order chi connectivity index (χ1) is 12.5. The highest BCUT2D eigenvalue weighted by atomic mass is 32.2. The molecule has 0 fully saturated rings. The van der Waals surface area contributed by atoms with Gasteiger partial charge in [-0.3, -0.25) is 4.79 Å². The van der Waals surface area contributed by atoms with Gasteiger partial charge in [0.2, 0.25) is 5.91 Å². The van der Waals surface area contributed by atoms with Gasteiger partial charge in [0.1, 0.15) is 17.3 Å². The number of amides is 1. The molecule has 0 saturated heterocycles. The number of hydrogen-bond donors (Lipinski definition) is 1. The molecule has 8 nitrogen and oxygen atoms in total. The van der Waals surface area contributed by atoms with E-state index < -0.39 is 6.10 Å². The van der Waals surface area contributed by atoms with E-state index >= 15 is 0 Å². The van der Waals surface area contributed by atoms with Gasteiger partial charge in [0.15, 0.2) is 11.9 Å². The number of anilines is 1. The summed E-state index contributed by atoms with van der Waals surface area (Å²) in [4.78, 5) is 11.8. The van der Waals surface area contributed by atoms with E-state index in [0.29, 0.717) is 17.3 Å². The van der Waals surface area contributed by atoms with Crippen LogP contribution in [-0.2, 0) is 4.79 Å². The third kappa shape index (κ3) is 4.82. The van der Waals surface area contributed by atoms with Crippen molar-refractivity contribution in [2.45, 2.75) is 25.2 Å². The Morgan fingerprint density at radius 3 is 2.81 bits per heavy atom. The first kappa shape index (κ1) is 17.9. The molecular weight excluding hydrogens is 363 g/mol. The van der Waals surface area contributed by atoms with Crippen molar-refractivity contribution < 1.29 is 22.9 Å². The SMILES string of the molecule is Cc1cc(NC(=O)CSc2nnc([C@@H](C)Oc3ccc(F)cc3)o2)no1. The minimum atomic E-state index is -0.519. The quantitative estimate of drug-likeness (QED) is 0.624. The van der Waals surface area contributed by atoms with Gasteiger partial charge in [0, 0.05) is 6.07 Å². The molecule has 136 valence electrons. The number of halogens is 1. The zero-order valence-corrected chi connectivity index (χ0v) is 14.7. The van der Waals surface area contributed by atoms with Gasteiger partial charge in [-0.15, -0.1) is 10.2 Å². The Morgan fingerprint density at radius 2 is 2.12 bits per heavy atom. The summed E-state index contributed by atoms with van der Waals surface area (Å²) in [5.41, 5.74) is 0. The van der Waals surface area contributed by atoms with Crippen molar-refractivity contribution in [3.05, 3.63) is 47.8 Å². The molecule has 2 heterocycles. The lowest BCUT2D eigenvalue weighted by Crippen LogP contribution is -2.14. The molecular formula is C16H15FN4O4S. The van der Waals surface area contributed by atoms with E-state index in [-0.39, 0.29) is 28.6 Å². The van der Waals surface area contributed by atoms with Crippen molar-refractivity contribution in [3.63, 3.8) is 0 Å². The van der Waals surface area contributed by atoms with Gasteiger partial charge in [0.05, 0.1) is 5.75 Å². The lowest BCUT2D eigenvalue weighted by atomic mass is 10.3. The number of aromatic nitrogens is 3. The van der Waals surface area contributed by atoms with Crippen LogP contribution >= 0.6 is 11.8 Å². The van der Waals surface area contributed by atoms with E-state index in [0.717, 1.165) is 11.8 Å². The van der Waals surface area contributed by atoms with Crippen LogP contribution in [0.2, 0.25) is 0 Å². The molecule has 0 radical (unpaired) electrons. The number of nitrogens with zero attached hydrogens (tertiary/aromatic N) is 3. The normalized spacial score (nSPS) is 12.0. The van der Waals surface area contributed by atoms with Crippen LogP contribution < -0.4 is 10.1 Å². The molecule has 0 bridgehead atoms. The second-order valence-corrected chi connectivity index (χ2v) is 6.21. The second-order valence-electron chi connectivity index (χ2n) is 5.28. The summed E-state index contributed by atoms with van der Waals surface area (Å²) in [6.45, 7) is 3.46.